The Morgan fingerprint density at radius 1 is 0.861 bits per heavy atom. The first-order valence-corrected chi connectivity index (χ1v) is 15.0. The Morgan fingerprint density at radius 3 is 1.94 bits per heavy atom. The average Bonchev–Trinajstić information content (AvgIpc) is 2.82. The van der Waals surface area contributed by atoms with Crippen LogP contribution in [0.5, 0.6) is 0 Å². The van der Waals surface area contributed by atoms with Crippen molar-refractivity contribution in [3.05, 3.63) is 76.6 Å². The molecule has 194 valence electrons. The van der Waals surface area contributed by atoms with Crippen molar-refractivity contribution in [2.45, 2.75) is 56.6 Å². The van der Waals surface area contributed by atoms with Crippen molar-refractivity contribution >= 4 is 19.9 Å². The molecule has 0 amide bonds. The number of aryl methyl sites for hydroxylation is 1. The predicted octanol–water partition coefficient (Wildman–Crippen LogP) is 3.05. The van der Waals surface area contributed by atoms with Gasteiger partial charge in [-0.15, -0.1) is 0 Å². The van der Waals surface area contributed by atoms with Crippen molar-refractivity contribution in [3.63, 3.8) is 0 Å². The molecular formula is C26H34N4O4S2. The van der Waals surface area contributed by atoms with Crippen LogP contribution in [0.4, 0.5) is 0 Å². The van der Waals surface area contributed by atoms with E-state index in [0.717, 1.165) is 51.9 Å². The van der Waals surface area contributed by atoms with Crippen molar-refractivity contribution in [1.82, 2.24) is 9.71 Å². The maximum absolute atomic E-state index is 13.1. The molecule has 0 radical (unpaired) electrons. The molecule has 1 heterocycles. The number of pyridine rings is 1. The van der Waals surface area contributed by atoms with Gasteiger partial charge in [-0.05, 0) is 71.3 Å². The topological polar surface area (TPSA) is 145 Å². The first-order valence-electron chi connectivity index (χ1n) is 11.7. The summed E-state index contributed by atoms with van der Waals surface area (Å²) in [4.78, 5) is 4.84. The number of nitrogens with zero attached hydrogens (tertiary/aromatic N) is 1. The Kier molecular flexibility index (Phi) is 8.68. The molecule has 0 aliphatic rings. The average molecular weight is 531 g/mol. The number of nitrogens with one attached hydrogen (secondary N) is 1. The zero-order valence-electron chi connectivity index (χ0n) is 21.1. The Bertz CT molecular complexity index is 1430. The molecule has 8 nitrogen and oxygen atoms in total. The summed E-state index contributed by atoms with van der Waals surface area (Å²) in [6.45, 7) is 6.78. The molecule has 0 aliphatic carbocycles. The van der Waals surface area contributed by atoms with Crippen LogP contribution >= 0.6 is 0 Å². The summed E-state index contributed by atoms with van der Waals surface area (Å²) >= 11 is 0. The van der Waals surface area contributed by atoms with Gasteiger partial charge < -0.3 is 11.5 Å². The second-order valence-electron chi connectivity index (χ2n) is 9.25. The fourth-order valence-electron chi connectivity index (χ4n) is 4.11. The minimum absolute atomic E-state index is 0.00206. The second-order valence-corrected chi connectivity index (χ2v) is 13.0. The molecule has 3 rings (SSSR count). The highest BCUT2D eigenvalue weighted by molar-refractivity contribution is 7.90. The third-order valence-electron chi connectivity index (χ3n) is 5.98. The van der Waals surface area contributed by atoms with Crippen LogP contribution < -0.4 is 16.2 Å². The van der Waals surface area contributed by atoms with Gasteiger partial charge in [-0.25, -0.2) is 21.6 Å². The van der Waals surface area contributed by atoms with E-state index in [1.165, 1.54) is 24.3 Å². The summed E-state index contributed by atoms with van der Waals surface area (Å²) in [5.41, 5.74) is 18.0. The second kappa shape index (κ2) is 11.2. The van der Waals surface area contributed by atoms with Crippen molar-refractivity contribution in [2.24, 2.45) is 17.4 Å². The molecule has 0 saturated heterocycles. The number of aromatic nitrogens is 1. The first kappa shape index (κ1) is 27.9. The zero-order chi connectivity index (χ0) is 26.7. The molecule has 0 fully saturated rings. The molecule has 0 aliphatic heterocycles. The number of sulfonamides is 1. The third-order valence-corrected chi connectivity index (χ3v) is 8.52. The Labute approximate surface area is 214 Å². The first-order chi connectivity index (χ1) is 16.9. The number of benzene rings is 2. The fraction of sp³-hybridized carbons (Fsp3) is 0.346. The van der Waals surface area contributed by atoms with Gasteiger partial charge in [0.15, 0.2) is 9.84 Å². The Morgan fingerprint density at radius 2 is 1.44 bits per heavy atom. The quantitative estimate of drug-likeness (QED) is 0.365. The number of rotatable bonds is 10. The largest absolute Gasteiger partial charge is 0.326 e. The lowest BCUT2D eigenvalue weighted by Crippen LogP contribution is -2.25. The van der Waals surface area contributed by atoms with Crippen LogP contribution in [0.2, 0.25) is 0 Å². The van der Waals surface area contributed by atoms with Gasteiger partial charge in [0, 0.05) is 37.3 Å². The van der Waals surface area contributed by atoms with Crippen LogP contribution in [0.25, 0.3) is 11.1 Å². The minimum Gasteiger partial charge on any atom is -0.326 e. The van der Waals surface area contributed by atoms with Crippen molar-refractivity contribution in [3.8, 4) is 11.1 Å². The molecule has 3 aromatic rings. The minimum atomic E-state index is -3.92. The monoisotopic (exact) mass is 530 g/mol. The SMILES string of the molecule is Cc1nc(CC(C)C)c(CN)c(-c2ccc(CN)cc2)c1CNS(=O)(=O)c1ccc(S(C)(=O)=O)cc1. The molecule has 1 aromatic heterocycles. The lowest BCUT2D eigenvalue weighted by molar-refractivity contribution is 0.580. The number of sulfone groups is 1. The Hall–Kier alpha value is -2.63. The van der Waals surface area contributed by atoms with Gasteiger partial charge in [0.05, 0.1) is 9.79 Å². The van der Waals surface area contributed by atoms with E-state index in [2.05, 4.69) is 18.6 Å². The number of nitrogens with two attached hydrogens (primary N) is 2. The summed E-state index contributed by atoms with van der Waals surface area (Å²) in [5, 5.41) is 0. The zero-order valence-corrected chi connectivity index (χ0v) is 22.7. The smallest absolute Gasteiger partial charge is 0.240 e. The maximum atomic E-state index is 13.1. The van der Waals surface area contributed by atoms with E-state index in [4.69, 9.17) is 16.5 Å². The van der Waals surface area contributed by atoms with Crippen molar-refractivity contribution in [1.29, 1.82) is 0 Å². The van der Waals surface area contributed by atoms with Crippen LogP contribution in [0.15, 0.2) is 58.3 Å². The van der Waals surface area contributed by atoms with E-state index in [0.29, 0.717) is 12.5 Å². The molecule has 0 bridgehead atoms. The third kappa shape index (κ3) is 6.37. The van der Waals surface area contributed by atoms with Gasteiger partial charge in [0.25, 0.3) is 0 Å². The van der Waals surface area contributed by atoms with Gasteiger partial charge in [-0.3, -0.25) is 4.98 Å². The van der Waals surface area contributed by atoms with E-state index in [1.54, 1.807) is 0 Å². The van der Waals surface area contributed by atoms with Crippen LogP contribution in [-0.2, 0) is 45.9 Å². The van der Waals surface area contributed by atoms with Crippen LogP contribution in [0, 0.1) is 12.8 Å². The van der Waals surface area contributed by atoms with Crippen LogP contribution in [0.1, 0.15) is 41.9 Å². The molecule has 10 heteroatoms. The molecule has 0 atom stereocenters. The highest BCUT2D eigenvalue weighted by atomic mass is 32.2. The van der Waals surface area contributed by atoms with Crippen LogP contribution in [-0.4, -0.2) is 28.1 Å². The molecule has 0 unspecified atom stereocenters. The normalized spacial score (nSPS) is 12.3. The number of hydrogen-bond donors (Lipinski definition) is 3. The molecule has 2 aromatic carbocycles. The van der Waals surface area contributed by atoms with Gasteiger partial charge in [-0.2, -0.15) is 0 Å². The maximum Gasteiger partial charge on any atom is 0.240 e. The Balaban J connectivity index is 2.06. The molecular weight excluding hydrogens is 496 g/mol. The molecule has 5 N–H and O–H groups in total. The van der Waals surface area contributed by atoms with Gasteiger partial charge in [0.1, 0.15) is 0 Å². The molecule has 36 heavy (non-hydrogen) atoms. The summed E-state index contributed by atoms with van der Waals surface area (Å²) < 4.78 is 52.2. The van der Waals surface area contributed by atoms with Crippen molar-refractivity contribution < 1.29 is 16.8 Å². The van der Waals surface area contributed by atoms with E-state index < -0.39 is 19.9 Å². The fourth-order valence-corrected chi connectivity index (χ4v) is 5.73. The van der Waals surface area contributed by atoms with E-state index in [9.17, 15) is 16.8 Å². The van der Waals surface area contributed by atoms with E-state index in [1.807, 2.05) is 31.2 Å². The number of hydrogen-bond acceptors (Lipinski definition) is 7. The van der Waals surface area contributed by atoms with E-state index in [-0.39, 0.29) is 22.9 Å². The molecule has 0 spiro atoms. The summed E-state index contributed by atoms with van der Waals surface area (Å²) in [6.07, 6.45) is 1.82. The van der Waals surface area contributed by atoms with Gasteiger partial charge in [-0.1, -0.05) is 38.1 Å². The standard InChI is InChI=1S/C26H34N4O4S2/c1-17(2)13-25-23(15-28)26(20-7-5-19(14-27)6-8-20)24(18(3)30-25)16-29-36(33,34)22-11-9-21(10-12-22)35(4,31)32/h5-12,17,29H,13-16,27-28H2,1-4H3. The summed E-state index contributed by atoms with van der Waals surface area (Å²) in [6, 6.07) is 13.0. The van der Waals surface area contributed by atoms with Crippen LogP contribution in [0.3, 0.4) is 0 Å². The van der Waals surface area contributed by atoms with Gasteiger partial charge >= 0.3 is 0 Å². The summed E-state index contributed by atoms with van der Waals surface area (Å²) in [7, 11) is -7.35. The predicted molar refractivity (Wildman–Crippen MR) is 142 cm³/mol. The lowest BCUT2D eigenvalue weighted by Gasteiger charge is -2.21. The van der Waals surface area contributed by atoms with E-state index >= 15 is 0 Å². The summed E-state index contributed by atoms with van der Waals surface area (Å²) in [5.74, 6) is 0.369. The highest BCUT2D eigenvalue weighted by Crippen LogP contribution is 2.33. The molecule has 0 saturated carbocycles. The highest BCUT2D eigenvalue weighted by Gasteiger charge is 2.22. The lowest BCUT2D eigenvalue weighted by atomic mass is 9.90. The van der Waals surface area contributed by atoms with Crippen molar-refractivity contribution in [2.75, 3.05) is 6.26 Å². The van der Waals surface area contributed by atoms with Gasteiger partial charge in [0.2, 0.25) is 10.0 Å².